The van der Waals surface area contributed by atoms with Gasteiger partial charge in [-0.3, -0.25) is 4.98 Å². The number of aromatic nitrogens is 1. The molecule has 0 aliphatic rings. The van der Waals surface area contributed by atoms with Gasteiger partial charge >= 0.3 is 6.18 Å². The number of rotatable bonds is 5. The Morgan fingerprint density at radius 3 is 2.04 bits per heavy atom. The summed E-state index contributed by atoms with van der Waals surface area (Å²) in [6, 6.07) is 16.8. The summed E-state index contributed by atoms with van der Waals surface area (Å²) in [5.41, 5.74) is 0.296. The summed E-state index contributed by atoms with van der Waals surface area (Å²) in [7, 11) is -2.68. The number of hydrogen-bond donors (Lipinski definition) is 0. The summed E-state index contributed by atoms with van der Waals surface area (Å²) < 4.78 is 65.6. The zero-order valence-corrected chi connectivity index (χ0v) is 15.7. The minimum atomic E-state index is -4.53. The molecule has 1 aromatic heterocycles. The van der Waals surface area contributed by atoms with Crippen molar-refractivity contribution in [2.75, 3.05) is 7.05 Å². The Kier molecular flexibility index (Phi) is 5.53. The predicted molar refractivity (Wildman–Crippen MR) is 98.9 cm³/mol. The zero-order valence-electron chi connectivity index (χ0n) is 14.8. The van der Waals surface area contributed by atoms with Crippen LogP contribution >= 0.6 is 0 Å². The number of nitrogens with zero attached hydrogens (tertiary/aromatic N) is 2. The minimum Gasteiger partial charge on any atom is -0.259 e. The molecule has 146 valence electrons. The first-order chi connectivity index (χ1) is 13.2. The highest BCUT2D eigenvalue weighted by atomic mass is 32.2. The molecule has 3 rings (SSSR count). The first-order valence-corrected chi connectivity index (χ1v) is 9.76. The average Bonchev–Trinajstić information content (AvgIpc) is 2.69. The lowest BCUT2D eigenvalue weighted by molar-refractivity contribution is -0.137. The van der Waals surface area contributed by atoms with Crippen molar-refractivity contribution < 1.29 is 21.6 Å². The van der Waals surface area contributed by atoms with E-state index in [4.69, 9.17) is 0 Å². The molecule has 28 heavy (non-hydrogen) atoms. The van der Waals surface area contributed by atoms with E-state index in [9.17, 15) is 21.6 Å². The van der Waals surface area contributed by atoms with E-state index in [1.165, 1.54) is 7.05 Å². The lowest BCUT2D eigenvalue weighted by Crippen LogP contribution is -2.32. The summed E-state index contributed by atoms with van der Waals surface area (Å²) in [5.74, 6) is 0. The molecule has 0 fully saturated rings. The van der Waals surface area contributed by atoms with Gasteiger partial charge in [-0.15, -0.1) is 0 Å². The highest BCUT2D eigenvalue weighted by molar-refractivity contribution is 7.89. The van der Waals surface area contributed by atoms with Gasteiger partial charge in [0.15, 0.2) is 0 Å². The molecule has 8 heteroatoms. The summed E-state index contributed by atoms with van der Waals surface area (Å²) in [6.45, 7) is 0. The molecular formula is C20H17F3N2O2S. The van der Waals surface area contributed by atoms with Crippen molar-refractivity contribution in [3.63, 3.8) is 0 Å². The van der Waals surface area contributed by atoms with E-state index in [0.29, 0.717) is 11.3 Å². The lowest BCUT2D eigenvalue weighted by atomic mass is 10.0. The van der Waals surface area contributed by atoms with Crippen LogP contribution in [-0.4, -0.2) is 24.8 Å². The van der Waals surface area contributed by atoms with Gasteiger partial charge in [-0.05, 0) is 42.0 Å². The van der Waals surface area contributed by atoms with Crippen LogP contribution < -0.4 is 0 Å². The smallest absolute Gasteiger partial charge is 0.259 e. The van der Waals surface area contributed by atoms with Crippen LogP contribution in [0.25, 0.3) is 0 Å². The van der Waals surface area contributed by atoms with E-state index in [2.05, 4.69) is 4.98 Å². The summed E-state index contributed by atoms with van der Waals surface area (Å²) >= 11 is 0. The van der Waals surface area contributed by atoms with Crippen molar-refractivity contribution in [2.45, 2.75) is 17.1 Å². The second-order valence-corrected chi connectivity index (χ2v) is 8.11. The third kappa shape index (κ3) is 4.07. The molecule has 1 atom stereocenters. The standard InChI is InChI=1S/C20H17F3N2O2S/c1-25(28(26,27)17-12-10-16(11-13-17)20(21,22)23)19(15-7-3-2-4-8-15)18-9-5-6-14-24-18/h2-14,19H,1H3/t19-/m1/s1. The van der Waals surface area contributed by atoms with Crippen LogP contribution in [0, 0.1) is 0 Å². The van der Waals surface area contributed by atoms with Gasteiger partial charge in [-0.2, -0.15) is 17.5 Å². The van der Waals surface area contributed by atoms with Gasteiger partial charge in [-0.25, -0.2) is 8.42 Å². The average molecular weight is 406 g/mol. The second-order valence-electron chi connectivity index (χ2n) is 6.11. The number of benzene rings is 2. The normalized spacial score (nSPS) is 13.5. The van der Waals surface area contributed by atoms with Crippen LogP contribution in [0.4, 0.5) is 13.2 Å². The number of sulfonamides is 1. The molecule has 0 N–H and O–H groups in total. The maximum atomic E-state index is 13.1. The van der Waals surface area contributed by atoms with Crippen LogP contribution in [-0.2, 0) is 16.2 Å². The SMILES string of the molecule is CN([C@H](c1ccccc1)c1ccccn1)S(=O)(=O)c1ccc(C(F)(F)F)cc1. The lowest BCUT2D eigenvalue weighted by Gasteiger charge is -2.27. The Balaban J connectivity index is 2.04. The molecule has 4 nitrogen and oxygen atoms in total. The molecular weight excluding hydrogens is 389 g/mol. The molecule has 2 aromatic carbocycles. The molecule has 0 radical (unpaired) electrons. The molecule has 0 amide bonds. The monoisotopic (exact) mass is 406 g/mol. The molecule has 0 unspecified atom stereocenters. The van der Waals surface area contributed by atoms with Crippen LogP contribution in [0.2, 0.25) is 0 Å². The fourth-order valence-corrected chi connectivity index (χ4v) is 4.18. The molecule has 0 aliphatic heterocycles. The van der Waals surface area contributed by atoms with Crippen molar-refractivity contribution >= 4 is 10.0 Å². The van der Waals surface area contributed by atoms with Crippen LogP contribution in [0.5, 0.6) is 0 Å². The van der Waals surface area contributed by atoms with E-state index in [1.807, 2.05) is 6.07 Å². The van der Waals surface area contributed by atoms with Crippen molar-refractivity contribution in [1.82, 2.24) is 9.29 Å². The van der Waals surface area contributed by atoms with E-state index in [-0.39, 0.29) is 4.90 Å². The molecule has 0 saturated heterocycles. The Hall–Kier alpha value is -2.71. The van der Waals surface area contributed by atoms with Crippen LogP contribution in [0.1, 0.15) is 22.9 Å². The van der Waals surface area contributed by atoms with Crippen molar-refractivity contribution in [3.05, 3.63) is 95.8 Å². The van der Waals surface area contributed by atoms with Crippen LogP contribution in [0.15, 0.2) is 83.9 Å². The van der Waals surface area contributed by atoms with Gasteiger partial charge in [-0.1, -0.05) is 36.4 Å². The molecule has 0 bridgehead atoms. The van der Waals surface area contributed by atoms with E-state index in [1.54, 1.807) is 48.7 Å². The Bertz CT molecular complexity index is 983. The number of pyridine rings is 1. The van der Waals surface area contributed by atoms with Crippen molar-refractivity contribution in [2.24, 2.45) is 0 Å². The minimum absolute atomic E-state index is 0.222. The van der Waals surface area contributed by atoms with Gasteiger partial charge in [0, 0.05) is 13.2 Å². The second kappa shape index (κ2) is 7.73. The molecule has 3 aromatic rings. The first-order valence-electron chi connectivity index (χ1n) is 8.32. The van der Waals surface area contributed by atoms with E-state index >= 15 is 0 Å². The molecule has 0 saturated carbocycles. The van der Waals surface area contributed by atoms with Gasteiger partial charge in [0.05, 0.1) is 22.2 Å². The summed E-state index contributed by atoms with van der Waals surface area (Å²) in [4.78, 5) is 4.05. The van der Waals surface area contributed by atoms with Gasteiger partial charge in [0.2, 0.25) is 10.0 Å². The van der Waals surface area contributed by atoms with Crippen molar-refractivity contribution in [3.8, 4) is 0 Å². The van der Waals surface area contributed by atoms with Crippen molar-refractivity contribution in [1.29, 1.82) is 0 Å². The maximum absolute atomic E-state index is 13.1. The van der Waals surface area contributed by atoms with Gasteiger partial charge in [0.25, 0.3) is 0 Å². The van der Waals surface area contributed by atoms with E-state index < -0.39 is 27.8 Å². The van der Waals surface area contributed by atoms with Gasteiger partial charge in [0.1, 0.15) is 0 Å². The third-order valence-corrected chi connectivity index (χ3v) is 6.14. The zero-order chi connectivity index (χ0) is 20.4. The highest BCUT2D eigenvalue weighted by Gasteiger charge is 2.33. The predicted octanol–water partition coefficient (Wildman–Crippen LogP) is 4.51. The fourth-order valence-electron chi connectivity index (χ4n) is 2.86. The molecule has 1 heterocycles. The molecule has 0 aliphatic carbocycles. The first kappa shape index (κ1) is 20.0. The topological polar surface area (TPSA) is 50.3 Å². The Labute approximate surface area is 161 Å². The Morgan fingerprint density at radius 1 is 0.893 bits per heavy atom. The quantitative estimate of drug-likeness (QED) is 0.626. The summed E-state index contributed by atoms with van der Waals surface area (Å²) in [6.07, 6.45) is -2.97. The highest BCUT2D eigenvalue weighted by Crippen LogP contribution is 2.33. The fraction of sp³-hybridized carbons (Fsp3) is 0.150. The number of hydrogen-bond acceptors (Lipinski definition) is 3. The van der Waals surface area contributed by atoms with E-state index in [0.717, 1.165) is 28.6 Å². The molecule has 0 spiro atoms. The summed E-state index contributed by atoms with van der Waals surface area (Å²) in [5, 5.41) is 0. The largest absolute Gasteiger partial charge is 0.416 e. The van der Waals surface area contributed by atoms with Gasteiger partial charge < -0.3 is 0 Å². The maximum Gasteiger partial charge on any atom is 0.416 e. The Morgan fingerprint density at radius 2 is 1.50 bits per heavy atom. The third-order valence-electron chi connectivity index (χ3n) is 4.31. The van der Waals surface area contributed by atoms with Crippen LogP contribution in [0.3, 0.4) is 0 Å². The number of alkyl halides is 3. The number of halogens is 3.